The van der Waals surface area contributed by atoms with Gasteiger partial charge in [-0.3, -0.25) is 10.8 Å². The van der Waals surface area contributed by atoms with Crippen LogP contribution in [-0.2, 0) is 5.66 Å². The number of hydrogen-bond donors (Lipinski definition) is 4. The predicted molar refractivity (Wildman–Crippen MR) is 87.4 cm³/mol. The Balaban J connectivity index is 0.00000176. The Kier molecular flexibility index (Phi) is 4.39. The molecule has 1 aromatic carbocycles. The standard InChI is InChI=1S/C14H16N6O.ClH/c1-21-12-5-3-2-4-10(12)14(16)11(8-17-13(15)20-14)9-6-18-19-7-9;/h2-8H,16H2,1H3,(H,18,19)(H3,15,17,20);1H. The zero-order valence-corrected chi connectivity index (χ0v) is 12.7. The molecule has 3 rings (SSSR count). The molecular formula is C14H17ClN6O. The van der Waals surface area contributed by atoms with E-state index < -0.39 is 5.66 Å². The lowest BCUT2D eigenvalue weighted by molar-refractivity contribution is 0.399. The maximum absolute atomic E-state index is 6.59. The molecule has 1 aromatic heterocycles. The van der Waals surface area contributed by atoms with E-state index in [-0.39, 0.29) is 18.4 Å². The fourth-order valence-corrected chi connectivity index (χ4v) is 2.41. The zero-order chi connectivity index (χ0) is 14.9. The first kappa shape index (κ1) is 15.9. The number of nitrogens with zero attached hydrogens (tertiary/aromatic N) is 2. The van der Waals surface area contributed by atoms with Crippen LogP contribution in [0.25, 0.3) is 5.57 Å². The third-order valence-corrected chi connectivity index (χ3v) is 3.40. The summed E-state index contributed by atoms with van der Waals surface area (Å²) in [6.07, 6.45) is 5.17. The predicted octanol–water partition coefficient (Wildman–Crippen LogP) is 0.911. The minimum absolute atomic E-state index is 0. The number of halogens is 1. The number of guanidine groups is 1. The number of ether oxygens (including phenoxy) is 1. The van der Waals surface area contributed by atoms with Crippen molar-refractivity contribution in [3.63, 3.8) is 0 Å². The molecule has 1 aliphatic heterocycles. The van der Waals surface area contributed by atoms with Gasteiger partial charge in [0, 0.05) is 29.1 Å². The van der Waals surface area contributed by atoms with Crippen LogP contribution in [0.5, 0.6) is 5.75 Å². The SMILES string of the molecule is COc1ccccc1C1(N)N=C(N)NC=C1c1cn[nH]c1.Cl. The number of para-hydroxylation sites is 1. The topological polar surface area (TPSA) is 114 Å². The monoisotopic (exact) mass is 320 g/mol. The Morgan fingerprint density at radius 2 is 2.05 bits per heavy atom. The van der Waals surface area contributed by atoms with E-state index in [9.17, 15) is 0 Å². The third kappa shape index (κ3) is 2.51. The minimum atomic E-state index is -1.15. The summed E-state index contributed by atoms with van der Waals surface area (Å²) in [4.78, 5) is 4.40. The van der Waals surface area contributed by atoms with Crippen LogP contribution in [-0.4, -0.2) is 23.3 Å². The van der Waals surface area contributed by atoms with Gasteiger partial charge in [-0.25, -0.2) is 4.99 Å². The maximum Gasteiger partial charge on any atom is 0.195 e. The number of nitrogens with two attached hydrogens (primary N) is 2. The Hall–Kier alpha value is -2.51. The van der Waals surface area contributed by atoms with Gasteiger partial charge in [-0.15, -0.1) is 12.4 Å². The van der Waals surface area contributed by atoms with E-state index in [1.807, 2.05) is 24.3 Å². The molecule has 116 valence electrons. The van der Waals surface area contributed by atoms with Gasteiger partial charge >= 0.3 is 0 Å². The van der Waals surface area contributed by atoms with Crippen molar-refractivity contribution in [3.8, 4) is 5.75 Å². The summed E-state index contributed by atoms with van der Waals surface area (Å²) in [6, 6.07) is 7.47. The highest BCUT2D eigenvalue weighted by molar-refractivity contribution is 5.88. The molecule has 7 nitrogen and oxygen atoms in total. The first-order valence-electron chi connectivity index (χ1n) is 6.39. The van der Waals surface area contributed by atoms with Gasteiger partial charge in [0.25, 0.3) is 0 Å². The molecule has 0 saturated carbocycles. The van der Waals surface area contributed by atoms with E-state index >= 15 is 0 Å². The Morgan fingerprint density at radius 1 is 1.27 bits per heavy atom. The number of methoxy groups -OCH3 is 1. The molecular weight excluding hydrogens is 304 g/mol. The summed E-state index contributed by atoms with van der Waals surface area (Å²) < 4.78 is 5.40. The molecule has 8 heteroatoms. The summed E-state index contributed by atoms with van der Waals surface area (Å²) in [7, 11) is 1.59. The van der Waals surface area contributed by atoms with Crippen molar-refractivity contribution in [2.45, 2.75) is 5.66 Å². The number of aromatic nitrogens is 2. The van der Waals surface area contributed by atoms with Crippen molar-refractivity contribution in [3.05, 3.63) is 54.0 Å². The van der Waals surface area contributed by atoms with Crippen molar-refractivity contribution in [1.82, 2.24) is 15.5 Å². The molecule has 1 unspecified atom stereocenters. The van der Waals surface area contributed by atoms with Crippen molar-refractivity contribution in [1.29, 1.82) is 0 Å². The van der Waals surface area contributed by atoms with Gasteiger partial charge in [-0.1, -0.05) is 18.2 Å². The maximum atomic E-state index is 6.59. The molecule has 0 spiro atoms. The Labute approximate surface area is 133 Å². The summed E-state index contributed by atoms with van der Waals surface area (Å²) in [6.45, 7) is 0. The van der Waals surface area contributed by atoms with Crippen LogP contribution in [0.4, 0.5) is 0 Å². The fourth-order valence-electron chi connectivity index (χ4n) is 2.41. The number of hydrogen-bond acceptors (Lipinski definition) is 6. The number of rotatable bonds is 3. The van der Waals surface area contributed by atoms with Gasteiger partial charge in [-0.05, 0) is 6.07 Å². The molecule has 0 saturated heterocycles. The smallest absolute Gasteiger partial charge is 0.195 e. The average Bonchev–Trinajstić information content (AvgIpc) is 3.01. The van der Waals surface area contributed by atoms with Crippen LogP contribution in [0.2, 0.25) is 0 Å². The van der Waals surface area contributed by atoms with E-state index in [0.717, 1.165) is 16.7 Å². The lowest BCUT2D eigenvalue weighted by Gasteiger charge is -2.32. The minimum Gasteiger partial charge on any atom is -0.496 e. The molecule has 0 amide bonds. The van der Waals surface area contributed by atoms with Crippen molar-refractivity contribution < 1.29 is 4.74 Å². The second kappa shape index (κ2) is 6.08. The van der Waals surface area contributed by atoms with E-state index in [2.05, 4.69) is 20.5 Å². The molecule has 2 heterocycles. The molecule has 1 atom stereocenters. The van der Waals surface area contributed by atoms with E-state index in [0.29, 0.717) is 5.75 Å². The van der Waals surface area contributed by atoms with Crippen LogP contribution in [0.3, 0.4) is 0 Å². The first-order valence-corrected chi connectivity index (χ1v) is 6.39. The number of nitrogens with one attached hydrogen (secondary N) is 2. The van der Waals surface area contributed by atoms with Gasteiger partial charge in [0.2, 0.25) is 0 Å². The van der Waals surface area contributed by atoms with E-state index in [4.69, 9.17) is 16.2 Å². The summed E-state index contributed by atoms with van der Waals surface area (Å²) in [5, 5.41) is 9.62. The highest BCUT2D eigenvalue weighted by atomic mass is 35.5. The largest absolute Gasteiger partial charge is 0.496 e. The van der Waals surface area contributed by atoms with E-state index in [1.54, 1.807) is 25.7 Å². The summed E-state index contributed by atoms with van der Waals surface area (Å²) >= 11 is 0. The highest BCUT2D eigenvalue weighted by Crippen LogP contribution is 2.40. The second-order valence-corrected chi connectivity index (χ2v) is 4.65. The molecule has 6 N–H and O–H groups in total. The average molecular weight is 321 g/mol. The first-order chi connectivity index (χ1) is 10.1. The number of aromatic amines is 1. The molecule has 0 aliphatic carbocycles. The van der Waals surface area contributed by atoms with E-state index in [1.165, 1.54) is 0 Å². The van der Waals surface area contributed by atoms with Crippen molar-refractivity contribution >= 4 is 23.9 Å². The molecule has 0 bridgehead atoms. The number of aliphatic imine (C=N–C) groups is 1. The molecule has 1 aliphatic rings. The van der Waals surface area contributed by atoms with Gasteiger partial charge in [0.05, 0.1) is 13.3 Å². The van der Waals surface area contributed by atoms with Crippen molar-refractivity contribution in [2.75, 3.05) is 7.11 Å². The van der Waals surface area contributed by atoms with Gasteiger partial charge < -0.3 is 15.8 Å². The third-order valence-electron chi connectivity index (χ3n) is 3.40. The van der Waals surface area contributed by atoms with Crippen LogP contribution in [0, 0.1) is 0 Å². The van der Waals surface area contributed by atoms with Gasteiger partial charge in [0.15, 0.2) is 11.6 Å². The normalized spacial score (nSPS) is 20.3. The quantitative estimate of drug-likeness (QED) is 0.671. The second-order valence-electron chi connectivity index (χ2n) is 4.65. The zero-order valence-electron chi connectivity index (χ0n) is 11.9. The van der Waals surface area contributed by atoms with Crippen LogP contribution in [0.1, 0.15) is 11.1 Å². The van der Waals surface area contributed by atoms with Crippen LogP contribution in [0.15, 0.2) is 47.9 Å². The number of H-pyrrole nitrogens is 1. The molecule has 2 aromatic rings. The Bertz CT molecular complexity index is 712. The highest BCUT2D eigenvalue weighted by Gasteiger charge is 2.37. The summed E-state index contributed by atoms with van der Waals surface area (Å²) in [5.74, 6) is 0.892. The van der Waals surface area contributed by atoms with Crippen LogP contribution < -0.4 is 21.5 Å². The lowest BCUT2D eigenvalue weighted by atomic mass is 9.88. The van der Waals surface area contributed by atoms with Crippen molar-refractivity contribution in [2.24, 2.45) is 16.5 Å². The van der Waals surface area contributed by atoms with Gasteiger partial charge in [-0.2, -0.15) is 5.10 Å². The van der Waals surface area contributed by atoms with Crippen LogP contribution >= 0.6 is 12.4 Å². The lowest BCUT2D eigenvalue weighted by Crippen LogP contribution is -2.45. The Morgan fingerprint density at radius 3 is 2.73 bits per heavy atom. The molecule has 0 fully saturated rings. The summed E-state index contributed by atoms with van der Waals surface area (Å²) in [5.41, 5.74) is 13.5. The number of benzene rings is 1. The van der Waals surface area contributed by atoms with Gasteiger partial charge in [0.1, 0.15) is 5.75 Å². The fraction of sp³-hybridized carbons (Fsp3) is 0.143. The molecule has 22 heavy (non-hydrogen) atoms. The molecule has 0 radical (unpaired) electrons.